The van der Waals surface area contributed by atoms with Crippen LogP contribution < -0.4 is 15.1 Å². The van der Waals surface area contributed by atoms with Gasteiger partial charge in [0.05, 0.1) is 0 Å². The molecule has 2 aromatic rings. The number of carbonyl (C=O) groups excluding carboxylic acids is 1. The number of nitrogens with zero attached hydrogens (tertiary/aromatic N) is 4. The minimum atomic E-state index is 0.0918. The van der Waals surface area contributed by atoms with Gasteiger partial charge >= 0.3 is 0 Å². The molecule has 1 aliphatic rings. The number of thioether (sulfide) groups is 1. The van der Waals surface area contributed by atoms with Crippen molar-refractivity contribution in [1.29, 1.82) is 0 Å². The molecule has 6 nitrogen and oxygen atoms in total. The van der Waals surface area contributed by atoms with Crippen LogP contribution in [0.15, 0.2) is 42.7 Å². The van der Waals surface area contributed by atoms with Crippen LogP contribution in [0.5, 0.6) is 0 Å². The number of amides is 1. The van der Waals surface area contributed by atoms with Gasteiger partial charge < -0.3 is 15.1 Å². The molecule has 1 N–H and O–H groups in total. The Morgan fingerprint density at radius 3 is 2.58 bits per heavy atom. The number of anilines is 2. The highest BCUT2D eigenvalue weighted by Crippen LogP contribution is 2.20. The minimum absolute atomic E-state index is 0.0918. The molecule has 0 spiro atoms. The lowest BCUT2D eigenvalue weighted by atomic mass is 10.2. The fourth-order valence-corrected chi connectivity index (χ4v) is 3.41. The number of carbonyl (C=O) groups is 1. The summed E-state index contributed by atoms with van der Waals surface area (Å²) in [6.45, 7) is 4.12. The lowest BCUT2D eigenvalue weighted by Gasteiger charge is -2.36. The summed E-state index contributed by atoms with van der Waals surface area (Å²) >= 11 is 1.68. The number of rotatable bonds is 7. The van der Waals surface area contributed by atoms with Gasteiger partial charge in [0.15, 0.2) is 0 Å². The lowest BCUT2D eigenvalue weighted by molar-refractivity contribution is -0.120. The molecule has 3 rings (SSSR count). The third-order valence-electron chi connectivity index (χ3n) is 4.43. The highest BCUT2D eigenvalue weighted by molar-refractivity contribution is 7.98. The van der Waals surface area contributed by atoms with Crippen molar-refractivity contribution in [2.75, 3.05) is 48.0 Å². The molecule has 1 saturated heterocycles. The quantitative estimate of drug-likeness (QED) is 0.805. The maximum atomic E-state index is 11.9. The van der Waals surface area contributed by atoms with E-state index >= 15 is 0 Å². The lowest BCUT2D eigenvalue weighted by Crippen LogP contribution is -2.47. The van der Waals surface area contributed by atoms with Crippen molar-refractivity contribution in [3.8, 4) is 0 Å². The SMILES string of the molecule is CSCCC(=O)NCc1cccnc1N1CCN(c2ccccn2)CC1. The Labute approximate surface area is 159 Å². The second-order valence-electron chi connectivity index (χ2n) is 6.17. The van der Waals surface area contributed by atoms with E-state index in [1.165, 1.54) is 0 Å². The van der Waals surface area contributed by atoms with Crippen LogP contribution >= 0.6 is 11.8 Å². The van der Waals surface area contributed by atoms with E-state index in [4.69, 9.17) is 0 Å². The van der Waals surface area contributed by atoms with E-state index < -0.39 is 0 Å². The average Bonchev–Trinajstić information content (AvgIpc) is 2.72. The van der Waals surface area contributed by atoms with Crippen molar-refractivity contribution in [1.82, 2.24) is 15.3 Å². The van der Waals surface area contributed by atoms with E-state index in [2.05, 4.69) is 25.1 Å². The molecule has 0 bridgehead atoms. The topological polar surface area (TPSA) is 61.4 Å². The largest absolute Gasteiger partial charge is 0.353 e. The van der Waals surface area contributed by atoms with Crippen LogP contribution in [-0.4, -0.2) is 54.1 Å². The zero-order chi connectivity index (χ0) is 18.2. The summed E-state index contributed by atoms with van der Waals surface area (Å²) in [6.07, 6.45) is 6.22. The maximum Gasteiger partial charge on any atom is 0.221 e. The number of aromatic nitrogens is 2. The first-order chi connectivity index (χ1) is 12.8. The van der Waals surface area contributed by atoms with Crippen LogP contribution in [0.2, 0.25) is 0 Å². The van der Waals surface area contributed by atoms with Gasteiger partial charge in [-0.2, -0.15) is 11.8 Å². The molecule has 7 heteroatoms. The second-order valence-corrected chi connectivity index (χ2v) is 7.15. The van der Waals surface area contributed by atoms with Crippen molar-refractivity contribution in [2.45, 2.75) is 13.0 Å². The fraction of sp³-hybridized carbons (Fsp3) is 0.421. The third kappa shape index (κ3) is 4.88. The van der Waals surface area contributed by atoms with Crippen LogP contribution in [-0.2, 0) is 11.3 Å². The molecule has 0 aromatic carbocycles. The standard InChI is InChI=1S/C19H25N5OS/c1-26-14-7-18(25)22-15-16-5-4-9-21-19(16)24-12-10-23(11-13-24)17-6-2-3-8-20-17/h2-6,8-9H,7,10-15H2,1H3,(H,22,25). The molecule has 0 aliphatic carbocycles. The number of nitrogens with one attached hydrogen (secondary N) is 1. The molecular formula is C19H25N5OS. The molecule has 138 valence electrons. The second kappa shape index (κ2) is 9.43. The van der Waals surface area contributed by atoms with E-state index in [1.54, 1.807) is 11.8 Å². The first-order valence-electron chi connectivity index (χ1n) is 8.88. The number of pyridine rings is 2. The summed E-state index contributed by atoms with van der Waals surface area (Å²) in [7, 11) is 0. The van der Waals surface area contributed by atoms with Gasteiger partial charge in [0.1, 0.15) is 11.6 Å². The highest BCUT2D eigenvalue weighted by atomic mass is 32.2. The summed E-state index contributed by atoms with van der Waals surface area (Å²) in [5.41, 5.74) is 1.07. The predicted molar refractivity (Wildman–Crippen MR) is 108 cm³/mol. The van der Waals surface area contributed by atoms with Crippen LogP contribution in [0.3, 0.4) is 0 Å². The smallest absolute Gasteiger partial charge is 0.221 e. The van der Waals surface area contributed by atoms with Gasteiger partial charge in [-0.3, -0.25) is 4.79 Å². The van der Waals surface area contributed by atoms with Crippen molar-refractivity contribution in [3.63, 3.8) is 0 Å². The molecule has 26 heavy (non-hydrogen) atoms. The Bertz CT molecular complexity index is 704. The maximum absolute atomic E-state index is 11.9. The molecular weight excluding hydrogens is 346 g/mol. The Morgan fingerprint density at radius 1 is 1.08 bits per heavy atom. The Kier molecular flexibility index (Phi) is 6.71. The van der Waals surface area contributed by atoms with Gasteiger partial charge in [0.25, 0.3) is 0 Å². The zero-order valence-electron chi connectivity index (χ0n) is 15.1. The summed E-state index contributed by atoms with van der Waals surface area (Å²) in [5, 5.41) is 3.01. The molecule has 1 amide bonds. The van der Waals surface area contributed by atoms with E-state index in [9.17, 15) is 4.79 Å². The minimum Gasteiger partial charge on any atom is -0.353 e. The zero-order valence-corrected chi connectivity index (χ0v) is 15.9. The summed E-state index contributed by atoms with van der Waals surface area (Å²) < 4.78 is 0. The van der Waals surface area contributed by atoms with Gasteiger partial charge in [-0.25, -0.2) is 9.97 Å². The first-order valence-corrected chi connectivity index (χ1v) is 10.3. The Hall–Kier alpha value is -2.28. The summed E-state index contributed by atoms with van der Waals surface area (Å²) in [4.78, 5) is 25.5. The van der Waals surface area contributed by atoms with Crippen molar-refractivity contribution in [2.24, 2.45) is 0 Å². The summed E-state index contributed by atoms with van der Waals surface area (Å²) in [5.74, 6) is 2.93. The molecule has 0 atom stereocenters. The van der Waals surface area contributed by atoms with Gasteiger partial charge in [0.2, 0.25) is 5.91 Å². The molecule has 3 heterocycles. The Balaban J connectivity index is 1.59. The van der Waals surface area contributed by atoms with Crippen molar-refractivity contribution >= 4 is 29.3 Å². The molecule has 1 aliphatic heterocycles. The average molecular weight is 372 g/mol. The highest BCUT2D eigenvalue weighted by Gasteiger charge is 2.20. The summed E-state index contributed by atoms with van der Waals surface area (Å²) in [6, 6.07) is 9.98. The molecule has 2 aromatic heterocycles. The molecule has 0 unspecified atom stereocenters. The number of hydrogen-bond donors (Lipinski definition) is 1. The van der Waals surface area contributed by atoms with Crippen LogP contribution in [0.25, 0.3) is 0 Å². The van der Waals surface area contributed by atoms with E-state index in [0.29, 0.717) is 13.0 Å². The van der Waals surface area contributed by atoms with Crippen molar-refractivity contribution < 1.29 is 4.79 Å². The number of hydrogen-bond acceptors (Lipinski definition) is 6. The van der Waals surface area contributed by atoms with Gasteiger partial charge in [-0.1, -0.05) is 12.1 Å². The van der Waals surface area contributed by atoms with Crippen LogP contribution in [0.4, 0.5) is 11.6 Å². The normalized spacial score (nSPS) is 14.3. The Morgan fingerprint density at radius 2 is 1.85 bits per heavy atom. The van der Waals surface area contributed by atoms with Crippen LogP contribution in [0, 0.1) is 0 Å². The van der Waals surface area contributed by atoms with E-state index in [0.717, 1.165) is 49.1 Å². The number of piperazine rings is 1. The molecule has 0 saturated carbocycles. The van der Waals surface area contributed by atoms with Gasteiger partial charge in [-0.15, -0.1) is 0 Å². The monoisotopic (exact) mass is 371 g/mol. The van der Waals surface area contributed by atoms with Gasteiger partial charge in [-0.05, 0) is 24.5 Å². The molecule has 1 fully saturated rings. The van der Waals surface area contributed by atoms with Gasteiger partial charge in [0, 0.05) is 62.9 Å². The molecule has 0 radical (unpaired) electrons. The van der Waals surface area contributed by atoms with E-state index in [-0.39, 0.29) is 5.91 Å². The first kappa shape index (κ1) is 18.5. The fourth-order valence-electron chi connectivity index (χ4n) is 3.02. The van der Waals surface area contributed by atoms with E-state index in [1.807, 2.05) is 49.0 Å². The van der Waals surface area contributed by atoms with Crippen LogP contribution in [0.1, 0.15) is 12.0 Å². The third-order valence-corrected chi connectivity index (χ3v) is 5.04. The predicted octanol–water partition coefficient (Wildman–Crippen LogP) is 2.17. The van der Waals surface area contributed by atoms with Crippen molar-refractivity contribution in [3.05, 3.63) is 48.3 Å².